The van der Waals surface area contributed by atoms with E-state index < -0.39 is 6.10 Å². The van der Waals surface area contributed by atoms with E-state index in [1.165, 1.54) is 0 Å². The molecule has 0 aliphatic carbocycles. The van der Waals surface area contributed by atoms with Crippen molar-refractivity contribution in [2.75, 3.05) is 5.32 Å². The van der Waals surface area contributed by atoms with Gasteiger partial charge < -0.3 is 10.4 Å². The first-order chi connectivity index (χ1) is 10.6. The standard InChI is InChI=1S/C18H20ClNO2/c1-2-3-9-17(21)20-16-11-10-14(19)12-15(16)18(22)13-7-5-4-6-8-13/h4-8,10-12,18,22H,2-3,9H2,1H3,(H,20,21)/t18-/m1/s1. The quantitative estimate of drug-likeness (QED) is 0.821. The number of amides is 1. The molecule has 4 heteroatoms. The number of aliphatic hydroxyl groups is 1. The van der Waals surface area contributed by atoms with Gasteiger partial charge in [-0.05, 0) is 30.2 Å². The maximum atomic E-state index is 11.9. The van der Waals surface area contributed by atoms with E-state index in [0.29, 0.717) is 22.7 Å². The lowest BCUT2D eigenvalue weighted by atomic mass is 10.00. The predicted molar refractivity (Wildman–Crippen MR) is 90.1 cm³/mol. The summed E-state index contributed by atoms with van der Waals surface area (Å²) in [6.07, 6.45) is 1.45. The van der Waals surface area contributed by atoms with Gasteiger partial charge in [-0.25, -0.2) is 0 Å². The lowest BCUT2D eigenvalue weighted by Crippen LogP contribution is -2.14. The summed E-state index contributed by atoms with van der Waals surface area (Å²) >= 11 is 6.04. The molecule has 2 aromatic carbocycles. The molecule has 1 atom stereocenters. The lowest BCUT2D eigenvalue weighted by Gasteiger charge is -2.17. The number of hydrogen-bond donors (Lipinski definition) is 2. The number of aliphatic hydroxyl groups excluding tert-OH is 1. The lowest BCUT2D eigenvalue weighted by molar-refractivity contribution is -0.116. The first kappa shape index (κ1) is 16.5. The Labute approximate surface area is 135 Å². The van der Waals surface area contributed by atoms with Crippen molar-refractivity contribution in [3.63, 3.8) is 0 Å². The molecule has 0 radical (unpaired) electrons. The summed E-state index contributed by atoms with van der Waals surface area (Å²) in [5, 5.41) is 14.0. The second-order valence-electron chi connectivity index (χ2n) is 5.20. The summed E-state index contributed by atoms with van der Waals surface area (Å²) in [7, 11) is 0. The summed E-state index contributed by atoms with van der Waals surface area (Å²) < 4.78 is 0. The molecule has 0 unspecified atom stereocenters. The molecule has 0 spiro atoms. The number of rotatable bonds is 6. The van der Waals surface area contributed by atoms with Gasteiger partial charge in [0.15, 0.2) is 0 Å². The van der Waals surface area contributed by atoms with Crippen LogP contribution in [0, 0.1) is 0 Å². The highest BCUT2D eigenvalue weighted by atomic mass is 35.5. The molecule has 0 bridgehead atoms. The third-order valence-electron chi connectivity index (χ3n) is 3.45. The average molecular weight is 318 g/mol. The molecule has 0 saturated heterocycles. The van der Waals surface area contributed by atoms with Gasteiger partial charge in [-0.15, -0.1) is 0 Å². The topological polar surface area (TPSA) is 49.3 Å². The van der Waals surface area contributed by atoms with E-state index in [4.69, 9.17) is 11.6 Å². The van der Waals surface area contributed by atoms with Gasteiger partial charge in [-0.3, -0.25) is 4.79 Å². The Morgan fingerprint density at radius 3 is 2.64 bits per heavy atom. The molecular formula is C18H20ClNO2. The van der Waals surface area contributed by atoms with Crippen LogP contribution in [0.25, 0.3) is 0 Å². The van der Waals surface area contributed by atoms with Crippen LogP contribution in [0.4, 0.5) is 5.69 Å². The highest BCUT2D eigenvalue weighted by molar-refractivity contribution is 6.30. The number of carbonyl (C=O) groups excluding carboxylic acids is 1. The van der Waals surface area contributed by atoms with Crippen LogP contribution in [0.5, 0.6) is 0 Å². The summed E-state index contributed by atoms with van der Waals surface area (Å²) in [5.41, 5.74) is 1.96. The number of nitrogens with one attached hydrogen (secondary N) is 1. The molecule has 22 heavy (non-hydrogen) atoms. The zero-order valence-electron chi connectivity index (χ0n) is 12.6. The van der Waals surface area contributed by atoms with E-state index in [1.54, 1.807) is 18.2 Å². The SMILES string of the molecule is CCCCC(=O)Nc1ccc(Cl)cc1[C@H](O)c1ccccc1. The predicted octanol–water partition coefficient (Wildman–Crippen LogP) is 4.55. The summed E-state index contributed by atoms with van der Waals surface area (Å²) in [6, 6.07) is 14.4. The molecule has 1 amide bonds. The average Bonchev–Trinajstić information content (AvgIpc) is 2.54. The zero-order chi connectivity index (χ0) is 15.9. The first-order valence-corrected chi connectivity index (χ1v) is 7.82. The van der Waals surface area contributed by atoms with Gasteiger partial charge in [-0.1, -0.05) is 55.3 Å². The number of halogens is 1. The van der Waals surface area contributed by atoms with Crippen molar-refractivity contribution in [1.82, 2.24) is 0 Å². The largest absolute Gasteiger partial charge is 0.384 e. The molecule has 2 rings (SSSR count). The molecule has 2 aromatic rings. The van der Waals surface area contributed by atoms with Crippen molar-refractivity contribution in [3.05, 3.63) is 64.7 Å². The number of unbranched alkanes of at least 4 members (excludes halogenated alkanes) is 1. The van der Waals surface area contributed by atoms with Gasteiger partial charge >= 0.3 is 0 Å². The minimum absolute atomic E-state index is 0.0503. The molecule has 0 aromatic heterocycles. The molecule has 0 aliphatic heterocycles. The molecular weight excluding hydrogens is 298 g/mol. The van der Waals surface area contributed by atoms with E-state index in [2.05, 4.69) is 5.32 Å². The Bertz CT molecular complexity index is 628. The Kier molecular flexibility index (Phi) is 5.99. The minimum atomic E-state index is -0.832. The summed E-state index contributed by atoms with van der Waals surface area (Å²) in [6.45, 7) is 2.04. The first-order valence-electron chi connectivity index (χ1n) is 7.44. The van der Waals surface area contributed by atoms with Crippen molar-refractivity contribution in [1.29, 1.82) is 0 Å². The highest BCUT2D eigenvalue weighted by Crippen LogP contribution is 2.31. The Balaban J connectivity index is 2.26. The summed E-state index contributed by atoms with van der Waals surface area (Å²) in [5.74, 6) is -0.0503. The van der Waals surface area contributed by atoms with Crippen molar-refractivity contribution in [2.24, 2.45) is 0 Å². The van der Waals surface area contributed by atoms with E-state index in [1.807, 2.05) is 37.3 Å². The van der Waals surface area contributed by atoms with Crippen molar-refractivity contribution >= 4 is 23.2 Å². The van der Waals surface area contributed by atoms with E-state index in [0.717, 1.165) is 18.4 Å². The van der Waals surface area contributed by atoms with Gasteiger partial charge in [0, 0.05) is 22.7 Å². The van der Waals surface area contributed by atoms with Crippen LogP contribution in [0.1, 0.15) is 43.4 Å². The molecule has 0 aliphatic rings. The van der Waals surface area contributed by atoms with Crippen LogP contribution < -0.4 is 5.32 Å². The number of carbonyl (C=O) groups is 1. The molecule has 2 N–H and O–H groups in total. The van der Waals surface area contributed by atoms with Crippen molar-refractivity contribution < 1.29 is 9.90 Å². The number of benzene rings is 2. The second kappa shape index (κ2) is 7.97. The monoisotopic (exact) mass is 317 g/mol. The maximum Gasteiger partial charge on any atom is 0.224 e. The van der Waals surface area contributed by atoms with Gasteiger partial charge in [0.25, 0.3) is 0 Å². The minimum Gasteiger partial charge on any atom is -0.384 e. The van der Waals surface area contributed by atoms with Crippen LogP contribution in [0.15, 0.2) is 48.5 Å². The van der Waals surface area contributed by atoms with Gasteiger partial charge in [0.1, 0.15) is 6.10 Å². The van der Waals surface area contributed by atoms with E-state index in [-0.39, 0.29) is 5.91 Å². The molecule has 0 heterocycles. The van der Waals surface area contributed by atoms with Crippen LogP contribution in [0.3, 0.4) is 0 Å². The normalized spacial score (nSPS) is 12.0. The number of hydrogen-bond acceptors (Lipinski definition) is 2. The Morgan fingerprint density at radius 1 is 1.23 bits per heavy atom. The van der Waals surface area contributed by atoms with E-state index >= 15 is 0 Å². The fraction of sp³-hybridized carbons (Fsp3) is 0.278. The molecule has 0 saturated carbocycles. The van der Waals surface area contributed by atoms with Crippen LogP contribution in [-0.2, 0) is 4.79 Å². The third-order valence-corrected chi connectivity index (χ3v) is 3.69. The fourth-order valence-corrected chi connectivity index (χ4v) is 2.42. The van der Waals surface area contributed by atoms with Crippen LogP contribution in [-0.4, -0.2) is 11.0 Å². The smallest absolute Gasteiger partial charge is 0.224 e. The summed E-state index contributed by atoms with van der Waals surface area (Å²) in [4.78, 5) is 11.9. The van der Waals surface area contributed by atoms with Crippen molar-refractivity contribution in [3.8, 4) is 0 Å². The van der Waals surface area contributed by atoms with Crippen molar-refractivity contribution in [2.45, 2.75) is 32.3 Å². The molecule has 0 fully saturated rings. The maximum absolute atomic E-state index is 11.9. The zero-order valence-corrected chi connectivity index (χ0v) is 13.3. The second-order valence-corrected chi connectivity index (χ2v) is 5.63. The number of anilines is 1. The molecule has 3 nitrogen and oxygen atoms in total. The third kappa shape index (κ3) is 4.33. The molecule has 116 valence electrons. The fourth-order valence-electron chi connectivity index (χ4n) is 2.24. The van der Waals surface area contributed by atoms with Gasteiger partial charge in [0.05, 0.1) is 0 Å². The van der Waals surface area contributed by atoms with Gasteiger partial charge in [0.2, 0.25) is 5.91 Å². The Hall–Kier alpha value is -1.84. The van der Waals surface area contributed by atoms with Crippen LogP contribution >= 0.6 is 11.6 Å². The van der Waals surface area contributed by atoms with E-state index in [9.17, 15) is 9.90 Å². The highest BCUT2D eigenvalue weighted by Gasteiger charge is 2.16. The van der Waals surface area contributed by atoms with Crippen LogP contribution in [0.2, 0.25) is 5.02 Å². The van der Waals surface area contributed by atoms with Gasteiger partial charge in [-0.2, -0.15) is 0 Å². The Morgan fingerprint density at radius 2 is 1.95 bits per heavy atom.